The molecule has 1 aliphatic heterocycles. The topological polar surface area (TPSA) is 71.3 Å². The molecule has 1 amide bonds. The summed E-state index contributed by atoms with van der Waals surface area (Å²) in [6.07, 6.45) is 1.31. The number of carbonyl (C=O) groups is 1. The zero-order valence-corrected chi connectivity index (χ0v) is 15.0. The molecule has 0 unspecified atom stereocenters. The number of rotatable bonds is 6. The van der Waals surface area contributed by atoms with Crippen LogP contribution in [-0.4, -0.2) is 44.0 Å². The summed E-state index contributed by atoms with van der Waals surface area (Å²) in [6.45, 7) is 4.44. The van der Waals surface area contributed by atoms with Crippen LogP contribution in [0.25, 0.3) is 10.2 Å². The standard InChI is InChI=1S/C17H20N2O5S/c1-3-22-8-7-19-15-12(21-2)5-4-6-14(15)25-17(19)18-16(20)13-11-23-9-10-24-13/h4-6,11H,3,7-10H2,1-2H3. The number of hydrogen-bond acceptors (Lipinski definition) is 6. The van der Waals surface area contributed by atoms with Gasteiger partial charge in [-0.05, 0) is 19.1 Å². The lowest BCUT2D eigenvalue weighted by Gasteiger charge is -2.12. The van der Waals surface area contributed by atoms with Crippen molar-refractivity contribution in [3.8, 4) is 5.75 Å². The third-order valence-corrected chi connectivity index (χ3v) is 4.65. The van der Waals surface area contributed by atoms with Gasteiger partial charge in [0.2, 0.25) is 5.76 Å². The molecule has 1 aliphatic rings. The number of nitrogens with zero attached hydrogens (tertiary/aromatic N) is 2. The van der Waals surface area contributed by atoms with Crippen molar-refractivity contribution in [3.05, 3.63) is 35.0 Å². The minimum Gasteiger partial charge on any atom is -0.495 e. The summed E-state index contributed by atoms with van der Waals surface area (Å²) in [5, 5.41) is 0. The van der Waals surface area contributed by atoms with Crippen molar-refractivity contribution >= 4 is 27.5 Å². The van der Waals surface area contributed by atoms with E-state index in [1.807, 2.05) is 29.7 Å². The molecule has 0 fully saturated rings. The van der Waals surface area contributed by atoms with Crippen molar-refractivity contribution < 1.29 is 23.7 Å². The van der Waals surface area contributed by atoms with E-state index in [1.165, 1.54) is 17.6 Å². The van der Waals surface area contributed by atoms with Crippen LogP contribution in [0.2, 0.25) is 0 Å². The van der Waals surface area contributed by atoms with E-state index in [9.17, 15) is 4.79 Å². The molecule has 2 aromatic rings. The lowest BCUT2D eigenvalue weighted by atomic mass is 10.3. The van der Waals surface area contributed by atoms with E-state index in [0.29, 0.717) is 37.8 Å². The molecule has 1 aromatic carbocycles. The predicted molar refractivity (Wildman–Crippen MR) is 93.4 cm³/mol. The summed E-state index contributed by atoms with van der Waals surface area (Å²) >= 11 is 1.42. The number of hydrogen-bond donors (Lipinski definition) is 0. The van der Waals surface area contributed by atoms with E-state index >= 15 is 0 Å². The second-order valence-corrected chi connectivity index (χ2v) is 6.17. The second-order valence-electron chi connectivity index (χ2n) is 5.16. The lowest BCUT2D eigenvalue weighted by Crippen LogP contribution is -2.21. The zero-order valence-electron chi connectivity index (χ0n) is 14.2. The first-order valence-corrected chi connectivity index (χ1v) is 8.84. The SMILES string of the molecule is CCOCCn1c(=NC(=O)C2=COCCO2)sc2cccc(OC)c21. The van der Waals surface area contributed by atoms with Crippen molar-refractivity contribution in [2.24, 2.45) is 4.99 Å². The maximum atomic E-state index is 12.4. The molecule has 0 spiro atoms. The van der Waals surface area contributed by atoms with E-state index < -0.39 is 5.91 Å². The van der Waals surface area contributed by atoms with Gasteiger partial charge in [0.1, 0.15) is 30.7 Å². The Hall–Kier alpha value is -2.32. The molecule has 25 heavy (non-hydrogen) atoms. The number of carbonyl (C=O) groups excluding carboxylic acids is 1. The summed E-state index contributed by atoms with van der Waals surface area (Å²) in [5.74, 6) is 0.387. The molecule has 0 atom stereocenters. The number of para-hydroxylation sites is 1. The molecule has 2 heterocycles. The molecule has 134 valence electrons. The Morgan fingerprint density at radius 2 is 2.28 bits per heavy atom. The average Bonchev–Trinajstić information content (AvgIpc) is 3.00. The van der Waals surface area contributed by atoms with Crippen LogP contribution in [-0.2, 0) is 25.5 Å². The molecular formula is C17H20N2O5S. The number of ether oxygens (including phenoxy) is 4. The van der Waals surface area contributed by atoms with Gasteiger partial charge in [0.05, 0.1) is 18.4 Å². The summed E-state index contributed by atoms with van der Waals surface area (Å²) in [7, 11) is 1.62. The highest BCUT2D eigenvalue weighted by molar-refractivity contribution is 7.16. The predicted octanol–water partition coefficient (Wildman–Crippen LogP) is 2.06. The Bertz CT molecular complexity index is 852. The minimum absolute atomic E-state index is 0.118. The van der Waals surface area contributed by atoms with Crippen LogP contribution >= 0.6 is 11.3 Å². The fourth-order valence-corrected chi connectivity index (χ4v) is 3.55. The first-order valence-electron chi connectivity index (χ1n) is 8.02. The van der Waals surface area contributed by atoms with Crippen LogP contribution in [0.3, 0.4) is 0 Å². The monoisotopic (exact) mass is 364 g/mol. The zero-order chi connectivity index (χ0) is 17.6. The third-order valence-electron chi connectivity index (χ3n) is 3.60. The highest BCUT2D eigenvalue weighted by Gasteiger charge is 2.16. The van der Waals surface area contributed by atoms with Crippen LogP contribution < -0.4 is 9.54 Å². The van der Waals surface area contributed by atoms with E-state index in [0.717, 1.165) is 16.0 Å². The molecular weight excluding hydrogens is 344 g/mol. The quantitative estimate of drug-likeness (QED) is 0.734. The van der Waals surface area contributed by atoms with Crippen LogP contribution in [0, 0.1) is 0 Å². The maximum absolute atomic E-state index is 12.4. The van der Waals surface area contributed by atoms with Gasteiger partial charge in [-0.1, -0.05) is 17.4 Å². The van der Waals surface area contributed by atoms with Crippen molar-refractivity contribution in [2.75, 3.05) is 33.5 Å². The fourth-order valence-electron chi connectivity index (χ4n) is 2.48. The summed E-state index contributed by atoms with van der Waals surface area (Å²) in [4.78, 5) is 17.2. The van der Waals surface area contributed by atoms with E-state index in [4.69, 9.17) is 18.9 Å². The Morgan fingerprint density at radius 3 is 3.00 bits per heavy atom. The van der Waals surface area contributed by atoms with Crippen LogP contribution in [0.4, 0.5) is 0 Å². The highest BCUT2D eigenvalue weighted by Crippen LogP contribution is 2.27. The summed E-state index contributed by atoms with van der Waals surface area (Å²) < 4.78 is 24.3. The molecule has 0 aliphatic carbocycles. The van der Waals surface area contributed by atoms with Gasteiger partial charge in [0.25, 0.3) is 0 Å². The molecule has 1 aromatic heterocycles. The van der Waals surface area contributed by atoms with Crippen LogP contribution in [0.5, 0.6) is 5.75 Å². The molecule has 0 bridgehead atoms. The van der Waals surface area contributed by atoms with Gasteiger partial charge >= 0.3 is 5.91 Å². The van der Waals surface area contributed by atoms with Gasteiger partial charge in [-0.2, -0.15) is 4.99 Å². The van der Waals surface area contributed by atoms with E-state index in [-0.39, 0.29) is 5.76 Å². The molecule has 0 N–H and O–H groups in total. The van der Waals surface area contributed by atoms with Gasteiger partial charge in [-0.15, -0.1) is 0 Å². The number of methoxy groups -OCH3 is 1. The van der Waals surface area contributed by atoms with Crippen molar-refractivity contribution in [3.63, 3.8) is 0 Å². The number of fused-ring (bicyclic) bond motifs is 1. The Kier molecular flexibility index (Phi) is 5.72. The fraction of sp³-hybridized carbons (Fsp3) is 0.412. The smallest absolute Gasteiger partial charge is 0.317 e. The average molecular weight is 364 g/mol. The van der Waals surface area contributed by atoms with E-state index in [1.54, 1.807) is 7.11 Å². The van der Waals surface area contributed by atoms with Crippen molar-refractivity contribution in [1.29, 1.82) is 0 Å². The normalized spacial score (nSPS) is 14.8. The number of benzene rings is 1. The maximum Gasteiger partial charge on any atom is 0.317 e. The number of thiazole rings is 1. The molecule has 7 nitrogen and oxygen atoms in total. The van der Waals surface area contributed by atoms with E-state index in [2.05, 4.69) is 4.99 Å². The molecule has 0 radical (unpaired) electrons. The molecule has 0 saturated heterocycles. The number of aromatic nitrogens is 1. The number of amides is 1. The third kappa shape index (κ3) is 3.85. The van der Waals surface area contributed by atoms with Gasteiger partial charge in [-0.3, -0.25) is 4.79 Å². The summed E-state index contributed by atoms with van der Waals surface area (Å²) in [5.41, 5.74) is 0.899. The van der Waals surface area contributed by atoms with Gasteiger partial charge in [-0.25, -0.2) is 0 Å². The Balaban J connectivity index is 2.06. The molecule has 3 rings (SSSR count). The van der Waals surface area contributed by atoms with Crippen LogP contribution in [0.15, 0.2) is 35.2 Å². The molecule has 0 saturated carbocycles. The largest absolute Gasteiger partial charge is 0.495 e. The second kappa shape index (κ2) is 8.17. The highest BCUT2D eigenvalue weighted by atomic mass is 32.1. The Morgan fingerprint density at radius 1 is 1.40 bits per heavy atom. The van der Waals surface area contributed by atoms with Gasteiger partial charge in [0, 0.05) is 13.2 Å². The van der Waals surface area contributed by atoms with Gasteiger partial charge < -0.3 is 23.5 Å². The first-order chi connectivity index (χ1) is 12.2. The van der Waals surface area contributed by atoms with Gasteiger partial charge in [0.15, 0.2) is 4.80 Å². The van der Waals surface area contributed by atoms with Crippen molar-refractivity contribution in [1.82, 2.24) is 4.57 Å². The van der Waals surface area contributed by atoms with Crippen molar-refractivity contribution in [2.45, 2.75) is 13.5 Å². The lowest BCUT2D eigenvalue weighted by molar-refractivity contribution is -0.119. The molecule has 8 heteroatoms. The van der Waals surface area contributed by atoms with Crippen LogP contribution in [0.1, 0.15) is 6.92 Å². The Labute approximate surface area is 149 Å². The minimum atomic E-state index is -0.463. The first kappa shape index (κ1) is 17.5. The summed E-state index contributed by atoms with van der Waals surface area (Å²) in [6, 6.07) is 5.78.